The van der Waals surface area contributed by atoms with Gasteiger partial charge in [0.05, 0.1) is 5.69 Å². The van der Waals surface area contributed by atoms with Crippen molar-refractivity contribution in [1.29, 1.82) is 0 Å². The molecule has 0 atom stereocenters. The fraction of sp³-hybridized carbons (Fsp3) is 0.727. The normalized spacial score (nSPS) is 11.3. The zero-order chi connectivity index (χ0) is 11.3. The third-order valence-corrected chi connectivity index (χ3v) is 2.55. The van der Waals surface area contributed by atoms with Gasteiger partial charge in [0, 0.05) is 25.4 Å². The second kappa shape index (κ2) is 5.88. The Balaban J connectivity index is 2.37. The summed E-state index contributed by atoms with van der Waals surface area (Å²) in [6.45, 7) is 4.93. The van der Waals surface area contributed by atoms with Crippen LogP contribution < -0.4 is 5.73 Å². The molecule has 4 heteroatoms. The monoisotopic (exact) mass is 210 g/mol. The average molecular weight is 210 g/mol. The second-order valence-corrected chi connectivity index (χ2v) is 4.15. The molecule has 0 fully saturated rings. The molecule has 1 rings (SSSR count). The Labute approximate surface area is 92.1 Å². The largest absolute Gasteiger partial charge is 0.330 e. The molecular formula is C11H22N4. The molecule has 2 N–H and O–H groups in total. The molecule has 0 aliphatic rings. The van der Waals surface area contributed by atoms with Gasteiger partial charge >= 0.3 is 0 Å². The fourth-order valence-corrected chi connectivity index (χ4v) is 1.70. The van der Waals surface area contributed by atoms with Crippen molar-refractivity contribution in [3.63, 3.8) is 0 Å². The molecule has 0 spiro atoms. The highest BCUT2D eigenvalue weighted by atomic mass is 15.3. The molecule has 0 aliphatic carbocycles. The van der Waals surface area contributed by atoms with Crippen molar-refractivity contribution in [3.8, 4) is 0 Å². The zero-order valence-corrected chi connectivity index (χ0v) is 10.0. The number of aromatic nitrogens is 2. The standard InChI is InChI=1S/C11H22N4/c1-10-11(9-15(3)13-10)8-14(2)7-5-4-6-12/h9H,4-8,12H2,1-3H3. The summed E-state index contributed by atoms with van der Waals surface area (Å²) in [5.41, 5.74) is 7.90. The molecule has 0 aromatic carbocycles. The third kappa shape index (κ3) is 4.01. The van der Waals surface area contributed by atoms with Crippen molar-refractivity contribution in [2.75, 3.05) is 20.1 Å². The molecule has 0 unspecified atom stereocenters. The van der Waals surface area contributed by atoms with Gasteiger partial charge in [-0.05, 0) is 39.9 Å². The predicted molar refractivity (Wildman–Crippen MR) is 62.6 cm³/mol. The van der Waals surface area contributed by atoms with Crippen molar-refractivity contribution in [2.45, 2.75) is 26.3 Å². The first kappa shape index (κ1) is 12.2. The van der Waals surface area contributed by atoms with Crippen molar-refractivity contribution in [2.24, 2.45) is 12.8 Å². The summed E-state index contributed by atoms with van der Waals surface area (Å²) >= 11 is 0. The molecular weight excluding hydrogens is 188 g/mol. The minimum absolute atomic E-state index is 0.791. The van der Waals surface area contributed by atoms with E-state index in [9.17, 15) is 0 Å². The van der Waals surface area contributed by atoms with Gasteiger partial charge in [-0.3, -0.25) is 4.68 Å². The fourth-order valence-electron chi connectivity index (χ4n) is 1.70. The van der Waals surface area contributed by atoms with Crippen molar-refractivity contribution < 1.29 is 0 Å². The van der Waals surface area contributed by atoms with Crippen molar-refractivity contribution in [3.05, 3.63) is 17.5 Å². The van der Waals surface area contributed by atoms with Crippen LogP contribution in [0.4, 0.5) is 0 Å². The van der Waals surface area contributed by atoms with E-state index in [1.54, 1.807) is 0 Å². The lowest BCUT2D eigenvalue weighted by molar-refractivity contribution is 0.319. The summed E-state index contributed by atoms with van der Waals surface area (Å²) in [6.07, 6.45) is 4.37. The molecule has 1 heterocycles. The topological polar surface area (TPSA) is 47.1 Å². The van der Waals surface area contributed by atoms with Gasteiger partial charge in [0.15, 0.2) is 0 Å². The molecule has 0 saturated carbocycles. The zero-order valence-electron chi connectivity index (χ0n) is 10.0. The average Bonchev–Trinajstić information content (AvgIpc) is 2.45. The number of nitrogens with zero attached hydrogens (tertiary/aromatic N) is 3. The van der Waals surface area contributed by atoms with Crippen LogP contribution in [0.1, 0.15) is 24.1 Å². The van der Waals surface area contributed by atoms with Gasteiger partial charge in [0.2, 0.25) is 0 Å². The molecule has 1 aromatic rings. The number of hydrogen-bond donors (Lipinski definition) is 1. The molecule has 1 aromatic heterocycles. The van der Waals surface area contributed by atoms with E-state index in [-0.39, 0.29) is 0 Å². The SMILES string of the molecule is Cc1nn(C)cc1CN(C)CCCCN. The molecule has 15 heavy (non-hydrogen) atoms. The van der Waals surface area contributed by atoms with Gasteiger partial charge in [0.1, 0.15) is 0 Å². The smallest absolute Gasteiger partial charge is 0.0638 e. The van der Waals surface area contributed by atoms with Crippen molar-refractivity contribution in [1.82, 2.24) is 14.7 Å². The van der Waals surface area contributed by atoms with Crippen LogP contribution >= 0.6 is 0 Å². The Morgan fingerprint density at radius 2 is 2.20 bits per heavy atom. The molecule has 4 nitrogen and oxygen atoms in total. The highest BCUT2D eigenvalue weighted by Gasteiger charge is 2.05. The van der Waals surface area contributed by atoms with Gasteiger partial charge < -0.3 is 10.6 Å². The first-order valence-corrected chi connectivity index (χ1v) is 5.51. The lowest BCUT2D eigenvalue weighted by atomic mass is 10.2. The van der Waals surface area contributed by atoms with Crippen LogP contribution in [-0.4, -0.2) is 34.8 Å². The Morgan fingerprint density at radius 1 is 1.47 bits per heavy atom. The summed E-state index contributed by atoms with van der Waals surface area (Å²) in [5, 5.41) is 4.33. The van der Waals surface area contributed by atoms with E-state index >= 15 is 0 Å². The summed E-state index contributed by atoms with van der Waals surface area (Å²) in [6, 6.07) is 0. The summed E-state index contributed by atoms with van der Waals surface area (Å²) in [7, 11) is 4.11. The van der Waals surface area contributed by atoms with Gasteiger partial charge in [-0.1, -0.05) is 0 Å². The summed E-state index contributed by atoms with van der Waals surface area (Å²) < 4.78 is 1.87. The third-order valence-electron chi connectivity index (χ3n) is 2.55. The maximum atomic E-state index is 5.46. The van der Waals surface area contributed by atoms with Gasteiger partial charge in [-0.15, -0.1) is 0 Å². The van der Waals surface area contributed by atoms with E-state index < -0.39 is 0 Å². The highest BCUT2D eigenvalue weighted by Crippen LogP contribution is 2.07. The van der Waals surface area contributed by atoms with Crippen LogP contribution in [0.25, 0.3) is 0 Å². The highest BCUT2D eigenvalue weighted by molar-refractivity contribution is 5.14. The van der Waals surface area contributed by atoms with E-state index in [0.29, 0.717) is 0 Å². The number of aryl methyl sites for hydroxylation is 2. The van der Waals surface area contributed by atoms with E-state index in [1.165, 1.54) is 12.0 Å². The van der Waals surface area contributed by atoms with Gasteiger partial charge in [-0.2, -0.15) is 5.10 Å². The quantitative estimate of drug-likeness (QED) is 0.710. The van der Waals surface area contributed by atoms with E-state index in [0.717, 1.165) is 31.7 Å². The van der Waals surface area contributed by atoms with E-state index in [2.05, 4.69) is 30.2 Å². The first-order chi connectivity index (χ1) is 7.13. The van der Waals surface area contributed by atoms with Crippen LogP contribution in [0.2, 0.25) is 0 Å². The maximum Gasteiger partial charge on any atom is 0.0638 e. The summed E-state index contributed by atoms with van der Waals surface area (Å²) in [4.78, 5) is 2.32. The van der Waals surface area contributed by atoms with Crippen molar-refractivity contribution >= 4 is 0 Å². The minimum atomic E-state index is 0.791. The number of nitrogens with two attached hydrogens (primary N) is 1. The number of hydrogen-bond acceptors (Lipinski definition) is 3. The van der Waals surface area contributed by atoms with Crippen LogP contribution in [-0.2, 0) is 13.6 Å². The van der Waals surface area contributed by atoms with Gasteiger partial charge in [-0.25, -0.2) is 0 Å². The second-order valence-electron chi connectivity index (χ2n) is 4.15. The number of unbranched alkanes of at least 4 members (excludes halogenated alkanes) is 1. The molecule has 0 aliphatic heterocycles. The first-order valence-electron chi connectivity index (χ1n) is 5.51. The van der Waals surface area contributed by atoms with E-state index in [4.69, 9.17) is 5.73 Å². The summed E-state index contributed by atoms with van der Waals surface area (Å²) in [5.74, 6) is 0. The predicted octanol–water partition coefficient (Wildman–Crippen LogP) is 0.899. The minimum Gasteiger partial charge on any atom is -0.330 e. The maximum absolute atomic E-state index is 5.46. The molecule has 0 radical (unpaired) electrons. The Bertz CT molecular complexity index is 293. The lowest BCUT2D eigenvalue weighted by Gasteiger charge is -2.15. The van der Waals surface area contributed by atoms with E-state index in [1.807, 2.05) is 11.7 Å². The Morgan fingerprint density at radius 3 is 2.73 bits per heavy atom. The van der Waals surface area contributed by atoms with Gasteiger partial charge in [0.25, 0.3) is 0 Å². The Hall–Kier alpha value is -0.870. The van der Waals surface area contributed by atoms with Crippen LogP contribution in [0.15, 0.2) is 6.20 Å². The van der Waals surface area contributed by atoms with Crippen LogP contribution in [0.3, 0.4) is 0 Å². The van der Waals surface area contributed by atoms with Crippen LogP contribution in [0, 0.1) is 6.92 Å². The number of rotatable bonds is 6. The van der Waals surface area contributed by atoms with Crippen LogP contribution in [0.5, 0.6) is 0 Å². The molecule has 0 amide bonds. The Kier molecular flexibility index (Phi) is 4.78. The molecule has 0 saturated heterocycles. The molecule has 0 bridgehead atoms. The molecule has 86 valence electrons. The lowest BCUT2D eigenvalue weighted by Crippen LogP contribution is -2.20.